The van der Waals surface area contributed by atoms with Crippen LogP contribution in [0, 0.1) is 0 Å². The van der Waals surface area contributed by atoms with E-state index in [9.17, 15) is 4.79 Å². The van der Waals surface area contributed by atoms with Crippen LogP contribution in [0.1, 0.15) is 18.2 Å². The van der Waals surface area contributed by atoms with Gasteiger partial charge in [0.25, 0.3) is 5.56 Å². The molecule has 0 spiro atoms. The predicted octanol–water partition coefficient (Wildman–Crippen LogP) is 3.05. The molecular formula is C15H16N2OS2. The minimum absolute atomic E-state index is 0.109. The normalized spacial score (nSPS) is 17.2. The highest BCUT2D eigenvalue weighted by Gasteiger charge is 2.25. The Balaban J connectivity index is 2.07. The van der Waals surface area contributed by atoms with Crippen molar-refractivity contribution in [2.75, 3.05) is 6.26 Å². The van der Waals surface area contributed by atoms with Crippen LogP contribution in [0.3, 0.4) is 0 Å². The van der Waals surface area contributed by atoms with Gasteiger partial charge in [0.2, 0.25) is 0 Å². The van der Waals surface area contributed by atoms with Crippen LogP contribution in [-0.2, 0) is 13.0 Å². The first-order chi connectivity index (χ1) is 9.69. The van der Waals surface area contributed by atoms with E-state index >= 15 is 0 Å². The molecule has 0 fully saturated rings. The third-order valence-corrected chi connectivity index (χ3v) is 5.22. The topological polar surface area (TPSA) is 34.9 Å². The molecule has 5 heteroatoms. The molecule has 1 aromatic carbocycles. The van der Waals surface area contributed by atoms with Gasteiger partial charge in [-0.05, 0) is 11.8 Å². The third kappa shape index (κ3) is 2.52. The van der Waals surface area contributed by atoms with Crippen molar-refractivity contribution in [3.8, 4) is 0 Å². The maximum atomic E-state index is 12.7. The molecule has 3 nitrogen and oxygen atoms in total. The summed E-state index contributed by atoms with van der Waals surface area (Å²) >= 11 is 3.20. The second-order valence-corrected chi connectivity index (χ2v) is 7.11. The van der Waals surface area contributed by atoms with E-state index in [2.05, 4.69) is 11.9 Å². The zero-order valence-corrected chi connectivity index (χ0v) is 13.1. The van der Waals surface area contributed by atoms with Crippen LogP contribution in [-0.4, -0.2) is 21.1 Å². The summed E-state index contributed by atoms with van der Waals surface area (Å²) < 4.78 is 1.80. The first-order valence-electron chi connectivity index (χ1n) is 6.57. The van der Waals surface area contributed by atoms with Crippen LogP contribution in [0.5, 0.6) is 0 Å². The summed E-state index contributed by atoms with van der Waals surface area (Å²) in [6, 6.07) is 10.1. The van der Waals surface area contributed by atoms with Crippen LogP contribution < -0.4 is 5.56 Å². The molecule has 20 heavy (non-hydrogen) atoms. The number of benzene rings is 1. The van der Waals surface area contributed by atoms with Gasteiger partial charge in [0.1, 0.15) is 0 Å². The van der Waals surface area contributed by atoms with Gasteiger partial charge in [0, 0.05) is 11.7 Å². The van der Waals surface area contributed by atoms with Crippen molar-refractivity contribution in [2.45, 2.75) is 35.2 Å². The quantitative estimate of drug-likeness (QED) is 0.645. The molecule has 0 unspecified atom stereocenters. The lowest BCUT2D eigenvalue weighted by atomic mass is 10.2. The Kier molecular flexibility index (Phi) is 3.89. The van der Waals surface area contributed by atoms with E-state index in [0.717, 1.165) is 27.7 Å². The first-order valence-corrected chi connectivity index (χ1v) is 8.67. The molecule has 0 aliphatic carbocycles. The lowest BCUT2D eigenvalue weighted by Gasteiger charge is -2.12. The molecular weight excluding hydrogens is 288 g/mol. The van der Waals surface area contributed by atoms with Gasteiger partial charge in [-0.25, -0.2) is 4.98 Å². The Bertz CT molecular complexity index is 682. The first kappa shape index (κ1) is 13.8. The van der Waals surface area contributed by atoms with E-state index in [4.69, 9.17) is 0 Å². The molecule has 0 saturated carbocycles. The van der Waals surface area contributed by atoms with Gasteiger partial charge in [-0.1, -0.05) is 49.0 Å². The average Bonchev–Trinajstić information content (AvgIpc) is 2.84. The molecule has 1 atom stereocenters. The van der Waals surface area contributed by atoms with E-state index < -0.39 is 0 Å². The Labute approximate surface area is 126 Å². The Morgan fingerprint density at radius 3 is 2.85 bits per heavy atom. The summed E-state index contributed by atoms with van der Waals surface area (Å²) in [7, 11) is 0. The zero-order valence-electron chi connectivity index (χ0n) is 11.5. The van der Waals surface area contributed by atoms with Gasteiger partial charge in [-0.2, -0.15) is 0 Å². The second kappa shape index (κ2) is 5.66. The molecule has 0 amide bonds. The predicted molar refractivity (Wildman–Crippen MR) is 84.8 cm³/mol. The summed E-state index contributed by atoms with van der Waals surface area (Å²) in [5.41, 5.74) is 2.21. The molecule has 0 N–H and O–H groups in total. The molecule has 3 rings (SSSR count). The second-order valence-electron chi connectivity index (χ2n) is 4.88. The van der Waals surface area contributed by atoms with Crippen LogP contribution in [0.2, 0.25) is 0 Å². The number of hydrogen-bond donors (Lipinski definition) is 0. The summed E-state index contributed by atoms with van der Waals surface area (Å²) in [4.78, 5) is 18.2. The SMILES string of the molecule is CSc1nc2c(c(=O)n1Cc1ccccc1)S[C@@H](C)C2. The monoisotopic (exact) mass is 304 g/mol. The molecule has 2 heterocycles. The molecule has 1 aliphatic rings. The summed E-state index contributed by atoms with van der Waals surface area (Å²) in [5.74, 6) is 0. The van der Waals surface area contributed by atoms with Crippen molar-refractivity contribution < 1.29 is 0 Å². The van der Waals surface area contributed by atoms with Crippen LogP contribution in [0.4, 0.5) is 0 Å². The maximum absolute atomic E-state index is 12.7. The molecule has 0 saturated heterocycles. The lowest BCUT2D eigenvalue weighted by Crippen LogP contribution is -2.25. The molecule has 1 aromatic heterocycles. The zero-order chi connectivity index (χ0) is 14.1. The molecule has 0 radical (unpaired) electrons. The van der Waals surface area contributed by atoms with Gasteiger partial charge in [0.05, 0.1) is 17.1 Å². The summed E-state index contributed by atoms with van der Waals surface area (Å²) in [6.45, 7) is 2.73. The number of thioether (sulfide) groups is 2. The average molecular weight is 304 g/mol. The lowest BCUT2D eigenvalue weighted by molar-refractivity contribution is 0.615. The Morgan fingerprint density at radius 1 is 1.40 bits per heavy atom. The van der Waals surface area contributed by atoms with Gasteiger partial charge < -0.3 is 0 Å². The fourth-order valence-electron chi connectivity index (χ4n) is 2.39. The van der Waals surface area contributed by atoms with Gasteiger partial charge in [0.15, 0.2) is 5.16 Å². The van der Waals surface area contributed by atoms with Crippen molar-refractivity contribution in [3.05, 3.63) is 51.9 Å². The van der Waals surface area contributed by atoms with E-state index in [1.54, 1.807) is 16.3 Å². The fourth-order valence-corrected chi connectivity index (χ4v) is 4.08. The van der Waals surface area contributed by atoms with Gasteiger partial charge in [-0.3, -0.25) is 9.36 Å². The summed E-state index contributed by atoms with van der Waals surface area (Å²) in [5, 5.41) is 1.26. The number of fused-ring (bicyclic) bond motifs is 1. The Hall–Kier alpha value is -1.20. The van der Waals surface area contributed by atoms with E-state index in [1.165, 1.54) is 11.8 Å². The maximum Gasteiger partial charge on any atom is 0.268 e. The van der Waals surface area contributed by atoms with Crippen molar-refractivity contribution in [1.29, 1.82) is 0 Å². The van der Waals surface area contributed by atoms with Crippen LogP contribution >= 0.6 is 23.5 Å². The van der Waals surface area contributed by atoms with Crippen LogP contribution in [0.25, 0.3) is 0 Å². The van der Waals surface area contributed by atoms with Crippen molar-refractivity contribution in [3.63, 3.8) is 0 Å². The molecule has 1 aliphatic heterocycles. The molecule has 104 valence electrons. The highest BCUT2D eigenvalue weighted by molar-refractivity contribution is 8.00. The molecule has 0 bridgehead atoms. The van der Waals surface area contributed by atoms with Crippen LogP contribution in [0.15, 0.2) is 45.2 Å². The van der Waals surface area contributed by atoms with Crippen molar-refractivity contribution in [1.82, 2.24) is 9.55 Å². The summed E-state index contributed by atoms with van der Waals surface area (Å²) in [6.07, 6.45) is 2.87. The van der Waals surface area contributed by atoms with Crippen molar-refractivity contribution >= 4 is 23.5 Å². The minimum Gasteiger partial charge on any atom is -0.282 e. The third-order valence-electron chi connectivity index (χ3n) is 3.33. The Morgan fingerprint density at radius 2 is 2.15 bits per heavy atom. The number of rotatable bonds is 3. The van der Waals surface area contributed by atoms with E-state index in [1.807, 2.05) is 36.6 Å². The van der Waals surface area contributed by atoms with E-state index in [-0.39, 0.29) is 5.56 Å². The van der Waals surface area contributed by atoms with E-state index in [0.29, 0.717) is 11.8 Å². The highest BCUT2D eigenvalue weighted by atomic mass is 32.2. The number of aromatic nitrogens is 2. The number of nitrogens with zero attached hydrogens (tertiary/aromatic N) is 2. The minimum atomic E-state index is 0.109. The van der Waals surface area contributed by atoms with Crippen molar-refractivity contribution in [2.24, 2.45) is 0 Å². The standard InChI is InChI=1S/C15H16N2OS2/c1-10-8-12-13(20-10)14(18)17(15(16-12)19-2)9-11-6-4-3-5-7-11/h3-7,10H,8-9H2,1-2H3/t10-/m0/s1. The smallest absolute Gasteiger partial charge is 0.268 e. The fraction of sp³-hybridized carbons (Fsp3) is 0.333. The largest absolute Gasteiger partial charge is 0.282 e. The van der Waals surface area contributed by atoms with Gasteiger partial charge >= 0.3 is 0 Å². The number of hydrogen-bond acceptors (Lipinski definition) is 4. The van der Waals surface area contributed by atoms with Gasteiger partial charge in [-0.15, -0.1) is 11.8 Å². The molecule has 2 aromatic rings. The highest BCUT2D eigenvalue weighted by Crippen LogP contribution is 2.33.